The van der Waals surface area contributed by atoms with Crippen LogP contribution < -0.4 is 16.4 Å². The minimum absolute atomic E-state index is 0.0231. The number of ether oxygens (including phenoxy) is 2. The van der Waals surface area contributed by atoms with Crippen LogP contribution in [0.3, 0.4) is 0 Å². The van der Waals surface area contributed by atoms with E-state index in [0.29, 0.717) is 19.0 Å². The lowest BCUT2D eigenvalue weighted by Gasteiger charge is -2.17. The lowest BCUT2D eigenvalue weighted by molar-refractivity contribution is -0.384. The number of pyridine rings is 2. The fourth-order valence-electron chi connectivity index (χ4n) is 2.03. The molecule has 2 rings (SSSR count). The number of hydrogen-bond acceptors (Lipinski definition) is 11. The fraction of sp³-hybridized carbons (Fsp3) is 0.474. The molecule has 0 aromatic carbocycles. The Balaban J connectivity index is 0.000000520. The number of nitro groups is 2. The maximum Gasteiger partial charge on any atom is 0.310 e. The molecule has 2 heterocycles. The van der Waals surface area contributed by atoms with Crippen LogP contribution >= 0.6 is 11.6 Å². The van der Waals surface area contributed by atoms with E-state index in [1.807, 2.05) is 11.9 Å². The first-order valence-electron chi connectivity index (χ1n) is 9.73. The summed E-state index contributed by atoms with van der Waals surface area (Å²) in [5.74, 6) is 0.583. The molecular weight excluding hydrogens is 458 g/mol. The van der Waals surface area contributed by atoms with Crippen molar-refractivity contribution in [2.24, 2.45) is 0 Å². The minimum Gasteiger partial charge on any atom is -0.393 e. The third kappa shape index (κ3) is 11.8. The van der Waals surface area contributed by atoms with Gasteiger partial charge in [-0.25, -0.2) is 9.97 Å². The van der Waals surface area contributed by atoms with Gasteiger partial charge < -0.3 is 25.8 Å². The number of nitrogens with two attached hydrogens (primary N) is 2. The molecule has 0 saturated carbocycles. The highest BCUT2D eigenvalue weighted by Crippen LogP contribution is 2.23. The van der Waals surface area contributed by atoms with Crippen molar-refractivity contribution in [2.45, 2.75) is 19.8 Å². The second kappa shape index (κ2) is 16.4. The number of methoxy groups -OCH3 is 2. The lowest BCUT2D eigenvalue weighted by atomic mass is 10.3. The van der Waals surface area contributed by atoms with Crippen LogP contribution in [0.15, 0.2) is 24.5 Å². The van der Waals surface area contributed by atoms with E-state index in [1.165, 1.54) is 25.0 Å². The maximum absolute atomic E-state index is 10.5. The second-order valence-corrected chi connectivity index (χ2v) is 6.83. The van der Waals surface area contributed by atoms with Crippen molar-refractivity contribution in [1.82, 2.24) is 9.97 Å². The molecule has 33 heavy (non-hydrogen) atoms. The van der Waals surface area contributed by atoms with Gasteiger partial charge in [-0.05, 0) is 6.42 Å². The van der Waals surface area contributed by atoms with Gasteiger partial charge in [-0.2, -0.15) is 0 Å². The Kier molecular flexibility index (Phi) is 14.7. The van der Waals surface area contributed by atoms with Crippen molar-refractivity contribution in [3.63, 3.8) is 0 Å². The molecule has 0 fully saturated rings. The Morgan fingerprint density at radius 2 is 1.52 bits per heavy atom. The van der Waals surface area contributed by atoms with Crippen molar-refractivity contribution in [1.29, 1.82) is 0 Å². The molecule has 0 aliphatic heterocycles. The summed E-state index contributed by atoms with van der Waals surface area (Å²) in [6.45, 7) is 4.26. The molecule has 0 radical (unpaired) electrons. The normalized spacial score (nSPS) is 9.73. The lowest BCUT2D eigenvalue weighted by Crippen LogP contribution is -2.23. The van der Waals surface area contributed by atoms with Crippen molar-refractivity contribution < 1.29 is 19.3 Å². The number of rotatable bonds is 9. The van der Waals surface area contributed by atoms with Gasteiger partial charge in [0.25, 0.3) is 0 Å². The molecule has 0 unspecified atom stereocenters. The van der Waals surface area contributed by atoms with E-state index >= 15 is 0 Å². The van der Waals surface area contributed by atoms with Crippen molar-refractivity contribution in [3.05, 3.63) is 49.9 Å². The zero-order valence-corrected chi connectivity index (χ0v) is 19.8. The van der Waals surface area contributed by atoms with Crippen LogP contribution in [0.4, 0.5) is 28.6 Å². The average molecular weight is 488 g/mol. The predicted molar refractivity (Wildman–Crippen MR) is 128 cm³/mol. The first kappa shape index (κ1) is 29.7. The fourth-order valence-corrected chi connectivity index (χ4v) is 2.20. The Labute approximate surface area is 196 Å². The molecular formula is C19H30ClN7O6. The number of hydrogen-bond donors (Lipinski definition) is 2. The van der Waals surface area contributed by atoms with Gasteiger partial charge in [0.05, 0.1) is 16.5 Å². The monoisotopic (exact) mass is 487 g/mol. The highest BCUT2D eigenvalue weighted by molar-refractivity contribution is 6.29. The minimum atomic E-state index is -0.612. The largest absolute Gasteiger partial charge is 0.393 e. The highest BCUT2D eigenvalue weighted by Gasteiger charge is 2.14. The number of unbranched alkanes of at least 4 members (excludes halogenated alkanes) is 1. The summed E-state index contributed by atoms with van der Waals surface area (Å²) in [7, 11) is 5.15. The smallest absolute Gasteiger partial charge is 0.310 e. The summed E-state index contributed by atoms with van der Waals surface area (Å²) >= 11 is 5.41. The first-order chi connectivity index (χ1) is 15.6. The molecule has 0 spiro atoms. The number of likely N-dealkylation sites (N-methyl/N-ethyl adjacent to an activating group) is 1. The van der Waals surface area contributed by atoms with E-state index in [2.05, 4.69) is 16.9 Å². The van der Waals surface area contributed by atoms with Gasteiger partial charge in [-0.1, -0.05) is 24.9 Å². The van der Waals surface area contributed by atoms with Crippen LogP contribution in [0.5, 0.6) is 0 Å². The second-order valence-electron chi connectivity index (χ2n) is 6.44. The van der Waals surface area contributed by atoms with E-state index < -0.39 is 9.85 Å². The molecule has 0 saturated heterocycles. The van der Waals surface area contributed by atoms with Crippen LogP contribution in [-0.4, -0.2) is 60.8 Å². The van der Waals surface area contributed by atoms with Gasteiger partial charge >= 0.3 is 11.4 Å². The summed E-state index contributed by atoms with van der Waals surface area (Å²) in [6.07, 6.45) is 4.61. The third-order valence-electron chi connectivity index (χ3n) is 3.90. The van der Waals surface area contributed by atoms with Crippen molar-refractivity contribution in [3.8, 4) is 0 Å². The first-order valence-corrected chi connectivity index (χ1v) is 10.1. The zero-order chi connectivity index (χ0) is 25.4. The van der Waals surface area contributed by atoms with E-state index in [0.717, 1.165) is 19.0 Å². The maximum atomic E-state index is 10.5. The Morgan fingerprint density at radius 1 is 1.00 bits per heavy atom. The molecule has 13 nitrogen and oxygen atoms in total. The Morgan fingerprint density at radius 3 is 1.91 bits per heavy atom. The molecule has 184 valence electrons. The number of nitrogen functional groups attached to an aromatic ring is 2. The molecule has 4 N–H and O–H groups in total. The predicted octanol–water partition coefficient (Wildman–Crippen LogP) is 3.31. The number of nitrogens with zero attached hydrogens (tertiary/aromatic N) is 5. The standard InChI is InChI=1S/C9H14N4O3.C5H4ClN3O2.C5H12O/c1-12(3-4-16-2)9-5-7(10)8(6-11-9)13(14)15;6-5-1-3(7)4(2-8-5)9(10)11;1-3-4-5-6-2/h5-6H,3-4H2,1-2H3,(H2,10,11);1-2H,(H2,7,8);3-5H2,1-2H3. The summed E-state index contributed by atoms with van der Waals surface area (Å²) in [5, 5.41) is 20.8. The summed E-state index contributed by atoms with van der Waals surface area (Å²) in [5.41, 5.74) is 10.5. The van der Waals surface area contributed by atoms with E-state index in [4.69, 9.17) is 32.5 Å². The van der Waals surface area contributed by atoms with Crippen LogP contribution in [0.1, 0.15) is 19.8 Å². The van der Waals surface area contributed by atoms with Gasteiger partial charge in [0.1, 0.15) is 34.7 Å². The number of halogens is 1. The van der Waals surface area contributed by atoms with E-state index in [1.54, 1.807) is 14.2 Å². The van der Waals surface area contributed by atoms with Crippen molar-refractivity contribution >= 4 is 40.2 Å². The summed E-state index contributed by atoms with van der Waals surface area (Å²) < 4.78 is 9.70. The van der Waals surface area contributed by atoms with Gasteiger partial charge in [-0.15, -0.1) is 0 Å². The zero-order valence-electron chi connectivity index (χ0n) is 19.1. The molecule has 0 aliphatic rings. The average Bonchev–Trinajstić information content (AvgIpc) is 2.76. The van der Waals surface area contributed by atoms with Crippen molar-refractivity contribution in [2.75, 3.05) is 57.4 Å². The molecule has 0 bridgehead atoms. The number of aromatic nitrogens is 2. The molecule has 0 amide bonds. The van der Waals surface area contributed by atoms with Crippen LogP contribution in [-0.2, 0) is 9.47 Å². The molecule has 14 heteroatoms. The van der Waals surface area contributed by atoms with Crippen LogP contribution in [0.2, 0.25) is 5.15 Å². The Bertz CT molecular complexity index is 884. The molecule has 0 atom stereocenters. The van der Waals surface area contributed by atoms with Gasteiger partial charge in [0.15, 0.2) is 0 Å². The van der Waals surface area contributed by atoms with Gasteiger partial charge in [0, 0.05) is 46.6 Å². The topological polar surface area (TPSA) is 186 Å². The molecule has 0 aliphatic carbocycles. The summed E-state index contributed by atoms with van der Waals surface area (Å²) in [4.78, 5) is 28.8. The number of anilines is 3. The molecule has 2 aromatic heterocycles. The van der Waals surface area contributed by atoms with Gasteiger partial charge in [-0.3, -0.25) is 20.2 Å². The summed E-state index contributed by atoms with van der Waals surface area (Å²) in [6, 6.07) is 2.72. The Hall–Kier alpha value is -3.29. The quantitative estimate of drug-likeness (QED) is 0.228. The van der Waals surface area contributed by atoms with Crippen LogP contribution in [0.25, 0.3) is 0 Å². The van der Waals surface area contributed by atoms with E-state index in [-0.39, 0.29) is 27.9 Å². The van der Waals surface area contributed by atoms with Gasteiger partial charge in [0.2, 0.25) is 0 Å². The molecule has 2 aromatic rings. The highest BCUT2D eigenvalue weighted by atomic mass is 35.5. The SMILES string of the molecule is CCCCOC.COCCN(C)c1cc(N)c([N+](=O)[O-])cn1.Nc1cc(Cl)ncc1[N+](=O)[O-]. The van der Waals surface area contributed by atoms with Crippen LogP contribution in [0, 0.1) is 20.2 Å². The van der Waals surface area contributed by atoms with E-state index in [9.17, 15) is 20.2 Å². The third-order valence-corrected chi connectivity index (χ3v) is 4.10.